The van der Waals surface area contributed by atoms with E-state index in [-0.39, 0.29) is 12.1 Å². The number of fused-ring (bicyclic) bond motifs is 2. The van der Waals surface area contributed by atoms with Crippen LogP contribution >= 0.6 is 11.6 Å². The Kier molecular flexibility index (Phi) is 11.9. The maximum atomic E-state index is 5.84. The zero-order chi connectivity index (χ0) is 44.0. The number of imidazole rings is 2. The van der Waals surface area contributed by atoms with Crippen LogP contribution in [0.15, 0.2) is 159 Å². The third-order valence-corrected chi connectivity index (χ3v) is 10.7. The van der Waals surface area contributed by atoms with Gasteiger partial charge in [0.05, 0.1) is 45.5 Å². The van der Waals surface area contributed by atoms with Gasteiger partial charge in [0.1, 0.15) is 24.3 Å². The molecule has 0 bridgehead atoms. The molecule has 2 atom stereocenters. The van der Waals surface area contributed by atoms with Gasteiger partial charge in [0.15, 0.2) is 11.0 Å². The summed E-state index contributed by atoms with van der Waals surface area (Å²) in [7, 11) is 3.89. The first-order valence-electron chi connectivity index (χ1n) is 20.5. The number of nitrogens with one attached hydrogen (secondary N) is 2. The third kappa shape index (κ3) is 9.19. The van der Waals surface area contributed by atoms with Crippen LogP contribution in [0.5, 0.6) is 0 Å². The predicted octanol–water partition coefficient (Wildman–Crippen LogP) is 9.61. The summed E-state index contributed by atoms with van der Waals surface area (Å²) in [5.74, 6) is 3.43. The second kappa shape index (κ2) is 18.4. The Morgan fingerprint density at radius 2 is 1.00 bits per heavy atom. The average molecular weight is 864 g/mol. The molecule has 10 aromatic rings. The van der Waals surface area contributed by atoms with Gasteiger partial charge in [-0.25, -0.2) is 19.9 Å². The van der Waals surface area contributed by atoms with E-state index in [2.05, 4.69) is 94.1 Å². The highest BCUT2D eigenvalue weighted by atomic mass is 35.5. The number of benzene rings is 4. The molecule has 6 aromatic heterocycles. The summed E-state index contributed by atoms with van der Waals surface area (Å²) >= 11 is 5.84. The smallest absolute Gasteiger partial charge is 0.225 e. The molecule has 0 aliphatic rings. The maximum Gasteiger partial charge on any atom is 0.225 e. The number of anilines is 3. The molecule has 0 saturated heterocycles. The van der Waals surface area contributed by atoms with Crippen LogP contribution in [0.4, 0.5) is 17.7 Å². The normalized spacial score (nSPS) is 12.0. The fraction of sp³-hybridized carbons (Fsp3) is 0.125. The molecule has 0 aliphatic heterocycles. The molecule has 4 aromatic carbocycles. The van der Waals surface area contributed by atoms with Gasteiger partial charge < -0.3 is 15.5 Å². The summed E-state index contributed by atoms with van der Waals surface area (Å²) in [6.07, 6.45) is 7.03. The van der Waals surface area contributed by atoms with Crippen LogP contribution in [0, 0.1) is 0 Å². The first-order valence-corrected chi connectivity index (χ1v) is 20.9. The summed E-state index contributed by atoms with van der Waals surface area (Å²) in [5, 5.41) is 23.8. The molecular weight excluding hydrogens is 822 g/mol. The van der Waals surface area contributed by atoms with E-state index >= 15 is 0 Å². The SMILES string of the molecule is C[C@H](Nc1nccc(-n2cnc3cc(-c4ccc(Cl)nn4)ccc32)n1)c1ccccc1.C[C@H](Nc1nccc(-n2cnc3cc(-c4ccc(N(C)C)nn4)ccc32)n1)c1ccccc1. The number of nitrogens with zero attached hydrogens (tertiary/aromatic N) is 13. The molecule has 6 heterocycles. The molecule has 10 rings (SSSR count). The van der Waals surface area contributed by atoms with E-state index in [1.165, 1.54) is 11.1 Å². The lowest BCUT2D eigenvalue weighted by Crippen LogP contribution is -2.11. The van der Waals surface area contributed by atoms with Crippen LogP contribution in [0.2, 0.25) is 5.15 Å². The molecule has 0 fully saturated rings. The Bertz CT molecular complexity index is 3140. The van der Waals surface area contributed by atoms with Crippen molar-refractivity contribution < 1.29 is 0 Å². The summed E-state index contributed by atoms with van der Waals surface area (Å²) < 4.78 is 3.90. The van der Waals surface area contributed by atoms with Gasteiger partial charge in [-0.05, 0) is 85.6 Å². The molecule has 15 nitrogen and oxygen atoms in total. The third-order valence-electron chi connectivity index (χ3n) is 10.5. The van der Waals surface area contributed by atoms with Gasteiger partial charge in [0.25, 0.3) is 0 Å². The largest absolute Gasteiger partial charge is 0.361 e. The number of halogens is 1. The highest BCUT2D eigenvalue weighted by Gasteiger charge is 2.14. The maximum absolute atomic E-state index is 5.84. The molecule has 0 spiro atoms. The Morgan fingerprint density at radius 1 is 0.516 bits per heavy atom. The van der Waals surface area contributed by atoms with Crippen LogP contribution in [0.3, 0.4) is 0 Å². The van der Waals surface area contributed by atoms with Crippen molar-refractivity contribution >= 4 is 51.4 Å². The highest BCUT2D eigenvalue weighted by molar-refractivity contribution is 6.29. The van der Waals surface area contributed by atoms with E-state index in [4.69, 9.17) is 16.6 Å². The summed E-state index contributed by atoms with van der Waals surface area (Å²) in [6, 6.07) is 43.8. The van der Waals surface area contributed by atoms with E-state index in [1.54, 1.807) is 31.1 Å². The van der Waals surface area contributed by atoms with Crippen molar-refractivity contribution in [1.82, 2.24) is 59.4 Å². The second-order valence-corrected chi connectivity index (χ2v) is 15.5. The molecule has 2 N–H and O–H groups in total. The number of aromatic nitrogens is 12. The number of hydrogen-bond acceptors (Lipinski definition) is 13. The summed E-state index contributed by atoms with van der Waals surface area (Å²) in [4.78, 5) is 29.2. The Labute approximate surface area is 374 Å². The van der Waals surface area contributed by atoms with Crippen molar-refractivity contribution in [3.63, 3.8) is 0 Å². The van der Waals surface area contributed by atoms with Crippen LogP contribution in [0.1, 0.15) is 37.1 Å². The molecule has 0 amide bonds. The Morgan fingerprint density at radius 3 is 1.44 bits per heavy atom. The lowest BCUT2D eigenvalue weighted by molar-refractivity contribution is 0.854. The van der Waals surface area contributed by atoms with Crippen molar-refractivity contribution in [2.24, 2.45) is 0 Å². The van der Waals surface area contributed by atoms with Crippen LogP contribution in [0.25, 0.3) is 56.2 Å². The molecule has 64 heavy (non-hydrogen) atoms. The number of rotatable bonds is 11. The highest BCUT2D eigenvalue weighted by Crippen LogP contribution is 2.27. The molecule has 0 aliphatic carbocycles. The topological polar surface area (TPSA) is 166 Å². The zero-order valence-corrected chi connectivity index (χ0v) is 36.1. The van der Waals surface area contributed by atoms with Crippen molar-refractivity contribution in [2.75, 3.05) is 29.6 Å². The van der Waals surface area contributed by atoms with E-state index in [1.807, 2.05) is 131 Å². The minimum Gasteiger partial charge on any atom is -0.361 e. The monoisotopic (exact) mass is 863 g/mol. The molecule has 0 radical (unpaired) electrons. The molecule has 316 valence electrons. The van der Waals surface area contributed by atoms with Gasteiger partial charge in [0, 0.05) is 37.6 Å². The predicted molar refractivity (Wildman–Crippen MR) is 252 cm³/mol. The van der Waals surface area contributed by atoms with Crippen LogP contribution in [-0.2, 0) is 0 Å². The van der Waals surface area contributed by atoms with Crippen molar-refractivity contribution in [3.05, 3.63) is 175 Å². The van der Waals surface area contributed by atoms with E-state index < -0.39 is 0 Å². The fourth-order valence-corrected chi connectivity index (χ4v) is 7.14. The lowest BCUT2D eigenvalue weighted by Gasteiger charge is -2.14. The van der Waals surface area contributed by atoms with E-state index in [0.717, 1.165) is 62.0 Å². The fourth-order valence-electron chi connectivity index (χ4n) is 7.04. The van der Waals surface area contributed by atoms with Gasteiger partial charge in [-0.15, -0.1) is 20.4 Å². The molecule has 16 heteroatoms. The second-order valence-electron chi connectivity index (χ2n) is 15.1. The minimum atomic E-state index is 0.0824. The summed E-state index contributed by atoms with van der Waals surface area (Å²) in [5.41, 5.74) is 9.36. The Balaban J connectivity index is 0.000000162. The zero-order valence-electron chi connectivity index (χ0n) is 35.4. The average Bonchev–Trinajstić information content (AvgIpc) is 3.97. The standard InChI is InChI=1S/C25H24N8.C23H18ClN7/c1-17(18-7-5-4-6-8-18)28-25-26-14-13-23(29-25)33-16-27-21-15-19(9-11-22(21)33)20-10-12-24(31-30-20)32(2)3;1-15(16-5-3-2-4-6-16)27-23-25-12-11-22(28-23)31-14-26-19-13-17(7-9-20(19)31)18-8-10-21(24)30-29-18/h4-17H,1-3H3,(H,26,28,29);2-15H,1H3,(H,25,27,28)/t17-;15-/m00/s1. The van der Waals surface area contributed by atoms with Gasteiger partial charge in [-0.2, -0.15) is 9.97 Å². The first-order chi connectivity index (χ1) is 31.3. The first kappa shape index (κ1) is 41.2. The lowest BCUT2D eigenvalue weighted by atomic mass is 10.1. The quantitative estimate of drug-likeness (QED) is 0.126. The van der Waals surface area contributed by atoms with Crippen molar-refractivity contribution in [3.8, 4) is 34.2 Å². The minimum absolute atomic E-state index is 0.0824. The molecular formula is C48H42ClN15. The van der Waals surface area contributed by atoms with Gasteiger partial charge >= 0.3 is 0 Å². The van der Waals surface area contributed by atoms with E-state index in [0.29, 0.717) is 17.0 Å². The van der Waals surface area contributed by atoms with Crippen LogP contribution in [-0.4, -0.2) is 73.5 Å². The van der Waals surface area contributed by atoms with E-state index in [9.17, 15) is 0 Å². The molecule has 0 unspecified atom stereocenters. The molecule has 0 saturated carbocycles. The summed E-state index contributed by atoms with van der Waals surface area (Å²) in [6.45, 7) is 4.17. The van der Waals surface area contributed by atoms with Gasteiger partial charge in [-0.1, -0.05) is 84.4 Å². The number of hydrogen-bond donors (Lipinski definition) is 2. The van der Waals surface area contributed by atoms with Crippen molar-refractivity contribution in [1.29, 1.82) is 0 Å². The van der Waals surface area contributed by atoms with Gasteiger partial charge in [0.2, 0.25) is 11.9 Å². The van der Waals surface area contributed by atoms with Crippen LogP contribution < -0.4 is 15.5 Å². The van der Waals surface area contributed by atoms with Crippen molar-refractivity contribution in [2.45, 2.75) is 25.9 Å². The Hall–Kier alpha value is -8.17. The van der Waals surface area contributed by atoms with Gasteiger partial charge in [-0.3, -0.25) is 9.13 Å².